The van der Waals surface area contributed by atoms with Gasteiger partial charge in [-0.15, -0.1) is 10.2 Å². The molecular weight excluding hydrogens is 114 g/mol. The fraction of sp³-hybridized carbons (Fsp3) is 0. The van der Waals surface area contributed by atoms with E-state index in [0.29, 0.717) is 0 Å². The molecule has 0 aromatic heterocycles. The van der Waals surface area contributed by atoms with Crippen molar-refractivity contribution in [1.29, 1.82) is 0 Å². The molecule has 0 aliphatic carbocycles. The molecule has 5 heteroatoms. The summed E-state index contributed by atoms with van der Waals surface area (Å²) < 4.78 is 10.3. The molecule has 0 spiro atoms. The number of hydrogen-bond donors (Lipinski definition) is 1. The molecule has 38 valence electrons. The minimum atomic E-state index is -1.23. The standard InChI is InChI=1S/C2H3N3OS/c3-2-5-4-1-7(2)6/h1H,(H2,3,5). The summed E-state index contributed by atoms with van der Waals surface area (Å²) in [7, 11) is -1.23. The Morgan fingerprint density at radius 2 is 2.57 bits per heavy atom. The third kappa shape index (κ3) is 0.663. The number of nitrogens with two attached hydrogens (primary N) is 1. The average molecular weight is 117 g/mol. The molecule has 0 aromatic rings. The Hall–Kier alpha value is -0.710. The first-order valence-corrected chi connectivity index (χ1v) is 2.79. The lowest BCUT2D eigenvalue weighted by molar-refractivity contribution is 0.696. The smallest absolute Gasteiger partial charge is 0.216 e. The van der Waals surface area contributed by atoms with Gasteiger partial charge in [0, 0.05) is 0 Å². The van der Waals surface area contributed by atoms with Crippen LogP contribution >= 0.6 is 0 Å². The highest BCUT2D eigenvalue weighted by molar-refractivity contribution is 8.12. The average Bonchev–Trinajstić information content (AvgIpc) is 1.91. The highest BCUT2D eigenvalue weighted by atomic mass is 32.2. The lowest BCUT2D eigenvalue weighted by Gasteiger charge is -1.77. The SMILES string of the molecule is NC1=NN=CS1=O. The van der Waals surface area contributed by atoms with Crippen molar-refractivity contribution in [2.24, 2.45) is 15.9 Å². The molecule has 0 fully saturated rings. The Balaban J connectivity index is 2.89. The molecule has 0 aromatic carbocycles. The maximum absolute atomic E-state index is 10.3. The van der Waals surface area contributed by atoms with Crippen molar-refractivity contribution in [3.05, 3.63) is 0 Å². The van der Waals surface area contributed by atoms with Gasteiger partial charge in [0.25, 0.3) is 0 Å². The van der Waals surface area contributed by atoms with Crippen LogP contribution in [0, 0.1) is 0 Å². The van der Waals surface area contributed by atoms with E-state index in [0.717, 1.165) is 0 Å². The van der Waals surface area contributed by atoms with Gasteiger partial charge in [0.05, 0.1) is 0 Å². The van der Waals surface area contributed by atoms with Crippen LogP contribution in [0.2, 0.25) is 0 Å². The summed E-state index contributed by atoms with van der Waals surface area (Å²) in [6, 6.07) is 0. The highest BCUT2D eigenvalue weighted by Gasteiger charge is 2.04. The van der Waals surface area contributed by atoms with Crippen molar-refractivity contribution in [3.8, 4) is 0 Å². The Bertz CT molecular complexity index is 160. The van der Waals surface area contributed by atoms with E-state index in [1.165, 1.54) is 5.55 Å². The first-order chi connectivity index (χ1) is 3.30. The fourth-order valence-electron chi connectivity index (χ4n) is 0.218. The lowest BCUT2D eigenvalue weighted by Crippen LogP contribution is -2.14. The quantitative estimate of drug-likeness (QED) is 0.442. The lowest BCUT2D eigenvalue weighted by atomic mass is 11.4. The second kappa shape index (κ2) is 1.42. The van der Waals surface area contributed by atoms with Gasteiger partial charge in [-0.1, -0.05) is 0 Å². The molecule has 4 nitrogen and oxygen atoms in total. The van der Waals surface area contributed by atoms with Crippen molar-refractivity contribution < 1.29 is 4.21 Å². The van der Waals surface area contributed by atoms with Crippen LogP contribution in [0.15, 0.2) is 10.2 Å². The highest BCUT2D eigenvalue weighted by Crippen LogP contribution is 1.87. The number of nitrogens with zero attached hydrogens (tertiary/aromatic N) is 2. The Labute approximate surface area is 42.6 Å². The Morgan fingerprint density at radius 3 is 2.71 bits per heavy atom. The third-order valence-electron chi connectivity index (χ3n) is 0.505. The maximum atomic E-state index is 10.3. The molecule has 0 saturated carbocycles. The van der Waals surface area contributed by atoms with Gasteiger partial charge in [0.1, 0.15) is 16.3 Å². The van der Waals surface area contributed by atoms with Crippen molar-refractivity contribution in [2.45, 2.75) is 0 Å². The van der Waals surface area contributed by atoms with E-state index in [-0.39, 0.29) is 5.17 Å². The number of rotatable bonds is 0. The first kappa shape index (κ1) is 4.45. The second-order valence-electron chi connectivity index (χ2n) is 0.957. The Morgan fingerprint density at radius 1 is 1.86 bits per heavy atom. The summed E-state index contributed by atoms with van der Waals surface area (Å²) in [5.74, 6) is 0. The molecule has 7 heavy (non-hydrogen) atoms. The van der Waals surface area contributed by atoms with Gasteiger partial charge in [-0.3, -0.25) is 0 Å². The van der Waals surface area contributed by atoms with Gasteiger partial charge < -0.3 is 5.73 Å². The van der Waals surface area contributed by atoms with Crippen LogP contribution in [0.1, 0.15) is 0 Å². The van der Waals surface area contributed by atoms with Crippen LogP contribution in [0.5, 0.6) is 0 Å². The van der Waals surface area contributed by atoms with Crippen LogP contribution in [0.4, 0.5) is 0 Å². The van der Waals surface area contributed by atoms with Gasteiger partial charge in [-0.2, -0.15) is 0 Å². The van der Waals surface area contributed by atoms with Gasteiger partial charge in [-0.05, 0) is 0 Å². The van der Waals surface area contributed by atoms with Crippen LogP contribution in [0.25, 0.3) is 0 Å². The summed E-state index contributed by atoms with van der Waals surface area (Å²) in [6.45, 7) is 0. The topological polar surface area (TPSA) is 67.8 Å². The van der Waals surface area contributed by atoms with Gasteiger partial charge >= 0.3 is 0 Å². The van der Waals surface area contributed by atoms with Crippen LogP contribution in [-0.4, -0.2) is 14.9 Å². The number of amidine groups is 1. The Kier molecular flexibility index (Phi) is 0.900. The van der Waals surface area contributed by atoms with E-state index < -0.39 is 10.8 Å². The number of hydrogen-bond acceptors (Lipinski definition) is 4. The maximum Gasteiger partial charge on any atom is 0.216 e. The largest absolute Gasteiger partial charge is 0.374 e. The monoisotopic (exact) mass is 117 g/mol. The van der Waals surface area contributed by atoms with Crippen LogP contribution in [0.3, 0.4) is 0 Å². The third-order valence-corrected chi connectivity index (χ3v) is 1.28. The molecule has 1 rings (SSSR count). The first-order valence-electron chi connectivity index (χ1n) is 1.58. The zero-order valence-corrected chi connectivity index (χ0v) is 4.18. The summed E-state index contributed by atoms with van der Waals surface area (Å²) in [5, 5.41) is 6.65. The van der Waals surface area contributed by atoms with Gasteiger partial charge in [-0.25, -0.2) is 4.21 Å². The zero-order chi connectivity index (χ0) is 5.28. The minimum absolute atomic E-state index is 0.0833. The van der Waals surface area contributed by atoms with Crippen LogP contribution in [-0.2, 0) is 10.8 Å². The molecule has 0 radical (unpaired) electrons. The molecular formula is C2H3N3OS. The normalized spacial score (nSPS) is 28.0. The van der Waals surface area contributed by atoms with Gasteiger partial charge in [0.2, 0.25) is 5.17 Å². The summed E-state index contributed by atoms with van der Waals surface area (Å²) in [5.41, 5.74) is 6.19. The summed E-state index contributed by atoms with van der Waals surface area (Å²) in [6.07, 6.45) is 0. The van der Waals surface area contributed by atoms with E-state index in [2.05, 4.69) is 10.2 Å². The van der Waals surface area contributed by atoms with Crippen LogP contribution < -0.4 is 5.73 Å². The molecule has 1 aliphatic heterocycles. The fourth-order valence-corrected chi connectivity index (χ4v) is 0.586. The predicted molar refractivity (Wildman–Crippen MR) is 28.3 cm³/mol. The van der Waals surface area contributed by atoms with E-state index in [9.17, 15) is 4.21 Å². The van der Waals surface area contributed by atoms with Gasteiger partial charge in [0.15, 0.2) is 0 Å². The predicted octanol–water partition coefficient (Wildman–Crippen LogP) is -0.993. The molecule has 0 saturated heterocycles. The van der Waals surface area contributed by atoms with Crippen molar-refractivity contribution >= 4 is 21.5 Å². The summed E-state index contributed by atoms with van der Waals surface area (Å²) >= 11 is 0. The zero-order valence-electron chi connectivity index (χ0n) is 3.37. The van der Waals surface area contributed by atoms with E-state index in [1.807, 2.05) is 0 Å². The molecule has 0 bridgehead atoms. The second-order valence-corrected chi connectivity index (χ2v) is 2.18. The van der Waals surface area contributed by atoms with Crippen molar-refractivity contribution in [3.63, 3.8) is 0 Å². The molecule has 1 unspecified atom stereocenters. The molecule has 1 atom stereocenters. The molecule has 2 N–H and O–H groups in total. The van der Waals surface area contributed by atoms with E-state index in [4.69, 9.17) is 5.73 Å². The van der Waals surface area contributed by atoms with E-state index >= 15 is 0 Å². The molecule has 1 heterocycles. The summed E-state index contributed by atoms with van der Waals surface area (Å²) in [4.78, 5) is 0. The van der Waals surface area contributed by atoms with Crippen molar-refractivity contribution in [2.75, 3.05) is 0 Å². The minimum Gasteiger partial charge on any atom is -0.374 e. The van der Waals surface area contributed by atoms with Crippen molar-refractivity contribution in [1.82, 2.24) is 0 Å². The molecule has 1 aliphatic rings. The molecule has 0 amide bonds. The van der Waals surface area contributed by atoms with E-state index in [1.54, 1.807) is 0 Å².